The van der Waals surface area contributed by atoms with Crippen LogP contribution in [-0.4, -0.2) is 15.4 Å². The molecule has 2 heterocycles. The van der Waals surface area contributed by atoms with E-state index in [2.05, 4.69) is 46.8 Å². The topological polar surface area (TPSA) is 43.3 Å². The molecule has 0 radical (unpaired) electrons. The Morgan fingerprint density at radius 1 is 1.30 bits per heavy atom. The van der Waals surface area contributed by atoms with Crippen LogP contribution in [0.15, 0.2) is 48.1 Å². The Morgan fingerprint density at radius 3 is 2.80 bits per heavy atom. The number of rotatable bonds is 5. The van der Waals surface area contributed by atoms with Gasteiger partial charge in [-0.05, 0) is 17.9 Å². The number of imidazole rings is 1. The molecule has 0 saturated heterocycles. The predicted octanol–water partition coefficient (Wildman–Crippen LogP) is 3.46. The van der Waals surface area contributed by atoms with Crippen molar-refractivity contribution in [1.82, 2.24) is 9.38 Å². The number of hydrogen-bond donors (Lipinski definition) is 1. The zero-order chi connectivity index (χ0) is 13.9. The van der Waals surface area contributed by atoms with E-state index in [0.29, 0.717) is 5.92 Å². The summed E-state index contributed by atoms with van der Waals surface area (Å²) in [6.45, 7) is 2.20. The van der Waals surface area contributed by atoms with Crippen molar-refractivity contribution < 1.29 is 0 Å². The second-order valence-electron chi connectivity index (χ2n) is 5.12. The summed E-state index contributed by atoms with van der Waals surface area (Å²) in [6.07, 6.45) is 6.00. The molecule has 4 heteroatoms. The Morgan fingerprint density at radius 2 is 2.10 bits per heavy atom. The quantitative estimate of drug-likeness (QED) is 0.780. The van der Waals surface area contributed by atoms with Gasteiger partial charge in [-0.1, -0.05) is 37.3 Å². The second-order valence-corrected chi connectivity index (χ2v) is 5.99. The molecule has 2 N–H and O–H groups in total. The minimum absolute atomic E-state index is 0.104. The molecule has 0 spiro atoms. The summed E-state index contributed by atoms with van der Waals surface area (Å²) >= 11 is 1.66. The maximum absolute atomic E-state index is 6.44. The Bertz CT molecular complexity index is 643. The molecule has 104 valence electrons. The van der Waals surface area contributed by atoms with Gasteiger partial charge in [-0.2, -0.15) is 0 Å². The lowest BCUT2D eigenvalue weighted by molar-refractivity contribution is 0.511. The highest BCUT2D eigenvalue weighted by Gasteiger charge is 2.19. The normalized spacial score (nSPS) is 14.5. The highest BCUT2D eigenvalue weighted by atomic mass is 32.1. The largest absolute Gasteiger partial charge is 0.327 e. The lowest BCUT2D eigenvalue weighted by Crippen LogP contribution is -2.30. The van der Waals surface area contributed by atoms with Crippen LogP contribution in [0.25, 0.3) is 4.96 Å². The fraction of sp³-hybridized carbons (Fsp3) is 0.312. The van der Waals surface area contributed by atoms with Crippen molar-refractivity contribution in [2.75, 3.05) is 0 Å². The van der Waals surface area contributed by atoms with Gasteiger partial charge in [0.25, 0.3) is 0 Å². The van der Waals surface area contributed by atoms with E-state index in [0.717, 1.165) is 23.5 Å². The van der Waals surface area contributed by atoms with Gasteiger partial charge in [-0.15, -0.1) is 11.3 Å². The maximum Gasteiger partial charge on any atom is 0.193 e. The highest BCUT2D eigenvalue weighted by Crippen LogP contribution is 2.24. The standard InChI is InChI=1S/C16H19N3S/c1-2-14(12-6-4-3-5-7-12)15(17)10-13-11-19-8-9-20-16(19)18-13/h3-9,11,14-15H,2,10,17H2,1H3. The number of thiazole rings is 1. The summed E-state index contributed by atoms with van der Waals surface area (Å²) in [5.74, 6) is 0.385. The number of fused-ring (bicyclic) bond motifs is 1. The van der Waals surface area contributed by atoms with Gasteiger partial charge in [0, 0.05) is 30.2 Å². The van der Waals surface area contributed by atoms with Crippen molar-refractivity contribution in [2.45, 2.75) is 31.7 Å². The molecule has 2 unspecified atom stereocenters. The summed E-state index contributed by atoms with van der Waals surface area (Å²) in [5, 5.41) is 2.05. The van der Waals surface area contributed by atoms with Crippen LogP contribution in [0.3, 0.4) is 0 Å². The van der Waals surface area contributed by atoms with E-state index in [1.165, 1.54) is 5.56 Å². The van der Waals surface area contributed by atoms with Crippen LogP contribution in [0.4, 0.5) is 0 Å². The van der Waals surface area contributed by atoms with Gasteiger partial charge in [-0.25, -0.2) is 4.98 Å². The van der Waals surface area contributed by atoms with Crippen LogP contribution >= 0.6 is 11.3 Å². The summed E-state index contributed by atoms with van der Waals surface area (Å²) in [7, 11) is 0. The first-order valence-electron chi connectivity index (χ1n) is 6.99. The third-order valence-corrected chi connectivity index (χ3v) is 4.54. The van der Waals surface area contributed by atoms with E-state index in [1.54, 1.807) is 11.3 Å². The van der Waals surface area contributed by atoms with E-state index in [1.807, 2.05) is 17.6 Å². The number of hydrogen-bond acceptors (Lipinski definition) is 3. The molecule has 0 aliphatic carbocycles. The Kier molecular flexibility index (Phi) is 3.85. The summed E-state index contributed by atoms with van der Waals surface area (Å²) in [6, 6.07) is 10.6. The SMILES string of the molecule is CCC(c1ccccc1)C(N)Cc1cn2ccsc2n1. The molecular weight excluding hydrogens is 266 g/mol. The van der Waals surface area contributed by atoms with Crippen molar-refractivity contribution in [2.24, 2.45) is 5.73 Å². The van der Waals surface area contributed by atoms with Gasteiger partial charge in [0.15, 0.2) is 4.96 Å². The molecule has 2 atom stereocenters. The zero-order valence-electron chi connectivity index (χ0n) is 11.6. The molecule has 0 fully saturated rings. The molecule has 0 amide bonds. The van der Waals surface area contributed by atoms with Gasteiger partial charge in [-0.3, -0.25) is 4.40 Å². The summed E-state index contributed by atoms with van der Waals surface area (Å²) in [4.78, 5) is 5.67. The Balaban J connectivity index is 1.77. The molecule has 1 aromatic carbocycles. The molecule has 3 rings (SSSR count). The van der Waals surface area contributed by atoms with Crippen molar-refractivity contribution in [1.29, 1.82) is 0 Å². The minimum atomic E-state index is 0.104. The first-order valence-corrected chi connectivity index (χ1v) is 7.87. The number of nitrogens with zero attached hydrogens (tertiary/aromatic N) is 2. The molecule has 0 aliphatic heterocycles. The van der Waals surface area contributed by atoms with Gasteiger partial charge in [0.05, 0.1) is 5.69 Å². The van der Waals surface area contributed by atoms with Crippen molar-refractivity contribution in [3.05, 3.63) is 59.4 Å². The molecule has 3 nitrogen and oxygen atoms in total. The monoisotopic (exact) mass is 285 g/mol. The third-order valence-electron chi connectivity index (χ3n) is 3.77. The zero-order valence-corrected chi connectivity index (χ0v) is 12.4. The minimum Gasteiger partial charge on any atom is -0.327 e. The Labute approximate surface area is 123 Å². The van der Waals surface area contributed by atoms with Crippen molar-refractivity contribution in [3.63, 3.8) is 0 Å². The van der Waals surface area contributed by atoms with Crippen LogP contribution in [0.5, 0.6) is 0 Å². The lowest BCUT2D eigenvalue weighted by atomic mass is 9.87. The highest BCUT2D eigenvalue weighted by molar-refractivity contribution is 7.15. The van der Waals surface area contributed by atoms with E-state index >= 15 is 0 Å². The fourth-order valence-electron chi connectivity index (χ4n) is 2.74. The second kappa shape index (κ2) is 5.77. The van der Waals surface area contributed by atoms with Crippen LogP contribution in [0, 0.1) is 0 Å². The fourth-order valence-corrected chi connectivity index (χ4v) is 3.46. The molecule has 0 aliphatic rings. The molecule has 3 aromatic rings. The van der Waals surface area contributed by atoms with Crippen molar-refractivity contribution >= 4 is 16.3 Å². The smallest absolute Gasteiger partial charge is 0.193 e. The van der Waals surface area contributed by atoms with Crippen LogP contribution < -0.4 is 5.73 Å². The first-order chi connectivity index (χ1) is 9.78. The predicted molar refractivity (Wildman–Crippen MR) is 84.2 cm³/mol. The molecule has 2 aromatic heterocycles. The number of aromatic nitrogens is 2. The number of nitrogens with two attached hydrogens (primary N) is 1. The van der Waals surface area contributed by atoms with Crippen molar-refractivity contribution in [3.8, 4) is 0 Å². The third kappa shape index (κ3) is 2.62. The Hall–Kier alpha value is -1.65. The lowest BCUT2D eigenvalue weighted by Gasteiger charge is -2.22. The van der Waals surface area contributed by atoms with Gasteiger partial charge < -0.3 is 5.73 Å². The average molecular weight is 285 g/mol. The molecule has 0 saturated carbocycles. The van der Waals surface area contributed by atoms with E-state index < -0.39 is 0 Å². The molecular formula is C16H19N3S. The van der Waals surface area contributed by atoms with E-state index in [9.17, 15) is 0 Å². The first kappa shape index (κ1) is 13.3. The van der Waals surface area contributed by atoms with Crippen LogP contribution in [0.1, 0.15) is 30.5 Å². The molecule has 0 bridgehead atoms. The van der Waals surface area contributed by atoms with Crippen LogP contribution in [-0.2, 0) is 6.42 Å². The van der Waals surface area contributed by atoms with Crippen LogP contribution in [0.2, 0.25) is 0 Å². The van der Waals surface area contributed by atoms with Gasteiger partial charge in [0.1, 0.15) is 0 Å². The van der Waals surface area contributed by atoms with E-state index in [-0.39, 0.29) is 6.04 Å². The molecule has 20 heavy (non-hydrogen) atoms. The average Bonchev–Trinajstić information content (AvgIpc) is 3.01. The van der Waals surface area contributed by atoms with Gasteiger partial charge >= 0.3 is 0 Å². The summed E-state index contributed by atoms with van der Waals surface area (Å²) < 4.78 is 2.07. The summed E-state index contributed by atoms with van der Waals surface area (Å²) in [5.41, 5.74) is 8.84. The number of benzene rings is 1. The van der Waals surface area contributed by atoms with E-state index in [4.69, 9.17) is 5.73 Å². The maximum atomic E-state index is 6.44. The van der Waals surface area contributed by atoms with Gasteiger partial charge in [0.2, 0.25) is 0 Å².